The van der Waals surface area contributed by atoms with Gasteiger partial charge in [0.1, 0.15) is 0 Å². The minimum absolute atomic E-state index is 0.149. The van der Waals surface area contributed by atoms with Gasteiger partial charge in [-0.05, 0) is 45.0 Å². The summed E-state index contributed by atoms with van der Waals surface area (Å²) in [7, 11) is 1.31. The number of hydrogen-bond donors (Lipinski definition) is 1. The van der Waals surface area contributed by atoms with Crippen LogP contribution in [0.15, 0.2) is 29.2 Å². The molecule has 25 heavy (non-hydrogen) atoms. The molecule has 1 heterocycles. The molecule has 1 saturated heterocycles. The molecule has 140 valence electrons. The molecule has 7 nitrogen and oxygen atoms in total. The molecule has 0 spiro atoms. The lowest BCUT2D eigenvalue weighted by Crippen LogP contribution is -2.43. The van der Waals surface area contributed by atoms with E-state index in [-0.39, 0.29) is 22.9 Å². The second-order valence-electron chi connectivity index (χ2n) is 6.56. The Hall–Kier alpha value is -1.48. The van der Waals surface area contributed by atoms with Crippen molar-refractivity contribution in [2.75, 3.05) is 39.6 Å². The van der Waals surface area contributed by atoms with Crippen molar-refractivity contribution in [1.29, 1.82) is 0 Å². The zero-order chi connectivity index (χ0) is 18.6. The highest BCUT2D eigenvalue weighted by molar-refractivity contribution is 7.89. The van der Waals surface area contributed by atoms with Gasteiger partial charge in [0.15, 0.2) is 0 Å². The first-order chi connectivity index (χ1) is 11.7. The Morgan fingerprint density at radius 3 is 2.68 bits per heavy atom. The second kappa shape index (κ2) is 8.27. The summed E-state index contributed by atoms with van der Waals surface area (Å²) in [6.07, 6.45) is 2.25. The molecule has 1 aliphatic rings. The molecule has 2 atom stereocenters. The van der Waals surface area contributed by atoms with E-state index >= 15 is 0 Å². The number of rotatable bonds is 7. The van der Waals surface area contributed by atoms with Crippen LogP contribution in [0, 0.1) is 0 Å². The van der Waals surface area contributed by atoms with Crippen molar-refractivity contribution in [1.82, 2.24) is 9.21 Å². The smallest absolute Gasteiger partial charge is 0.242 e. The minimum Gasteiger partial charge on any atom is -0.377 e. The van der Waals surface area contributed by atoms with Crippen LogP contribution in [0.3, 0.4) is 0 Å². The van der Waals surface area contributed by atoms with E-state index in [9.17, 15) is 13.2 Å². The molecule has 0 aromatic heterocycles. The van der Waals surface area contributed by atoms with E-state index in [4.69, 9.17) is 4.74 Å². The number of benzene rings is 1. The van der Waals surface area contributed by atoms with Gasteiger partial charge in [0, 0.05) is 32.9 Å². The number of anilines is 1. The Morgan fingerprint density at radius 1 is 1.36 bits per heavy atom. The highest BCUT2D eigenvalue weighted by Crippen LogP contribution is 2.19. The van der Waals surface area contributed by atoms with E-state index in [1.807, 2.05) is 18.9 Å². The lowest BCUT2D eigenvalue weighted by Gasteiger charge is -2.26. The summed E-state index contributed by atoms with van der Waals surface area (Å²) in [6, 6.07) is 5.93. The molecule has 1 aromatic rings. The first-order valence-corrected chi connectivity index (χ1v) is 9.81. The lowest BCUT2D eigenvalue weighted by atomic mass is 10.2. The minimum atomic E-state index is -3.53. The quantitative estimate of drug-likeness (QED) is 0.785. The Bertz CT molecular complexity index is 700. The molecule has 0 saturated carbocycles. The molecule has 1 aliphatic heterocycles. The molecule has 1 fully saturated rings. The van der Waals surface area contributed by atoms with Crippen LogP contribution < -0.4 is 5.32 Å². The molecule has 2 rings (SSSR count). The Balaban J connectivity index is 2.02. The highest BCUT2D eigenvalue weighted by Gasteiger charge is 2.24. The monoisotopic (exact) mass is 369 g/mol. The Labute approximate surface area is 150 Å². The molecule has 0 radical (unpaired) electrons. The van der Waals surface area contributed by atoms with Crippen molar-refractivity contribution >= 4 is 21.6 Å². The van der Waals surface area contributed by atoms with Crippen molar-refractivity contribution in [2.24, 2.45) is 0 Å². The van der Waals surface area contributed by atoms with Gasteiger partial charge in [0.05, 0.1) is 17.0 Å². The fourth-order valence-corrected chi connectivity index (χ4v) is 3.61. The molecule has 0 unspecified atom stereocenters. The van der Waals surface area contributed by atoms with Crippen molar-refractivity contribution in [3.05, 3.63) is 24.3 Å². The third-order valence-corrected chi connectivity index (χ3v) is 6.25. The molecule has 0 aliphatic carbocycles. The lowest BCUT2D eigenvalue weighted by molar-refractivity contribution is -0.120. The summed E-state index contributed by atoms with van der Waals surface area (Å²) in [5.74, 6) is -0.181. The third kappa shape index (κ3) is 5.01. The summed E-state index contributed by atoms with van der Waals surface area (Å²) in [6.45, 7) is 3.31. The van der Waals surface area contributed by atoms with Crippen molar-refractivity contribution in [3.8, 4) is 0 Å². The van der Waals surface area contributed by atoms with Gasteiger partial charge in [-0.1, -0.05) is 6.07 Å². The van der Waals surface area contributed by atoms with Crippen LogP contribution in [-0.4, -0.2) is 70.0 Å². The number of nitrogens with zero attached hydrogens (tertiary/aromatic N) is 2. The molecule has 8 heteroatoms. The van der Waals surface area contributed by atoms with Crippen molar-refractivity contribution < 1.29 is 17.9 Å². The average molecular weight is 369 g/mol. The summed E-state index contributed by atoms with van der Waals surface area (Å²) in [4.78, 5) is 14.6. The van der Waals surface area contributed by atoms with Gasteiger partial charge in [-0.25, -0.2) is 12.7 Å². The second-order valence-corrected chi connectivity index (χ2v) is 8.71. The van der Waals surface area contributed by atoms with Gasteiger partial charge in [0.2, 0.25) is 15.9 Å². The van der Waals surface area contributed by atoms with Crippen LogP contribution >= 0.6 is 0 Å². The average Bonchev–Trinajstić information content (AvgIpc) is 3.07. The van der Waals surface area contributed by atoms with Crippen LogP contribution in [0.5, 0.6) is 0 Å². The zero-order valence-electron chi connectivity index (χ0n) is 15.2. The van der Waals surface area contributed by atoms with E-state index in [1.165, 1.54) is 26.2 Å². The number of nitrogens with one attached hydrogen (secondary N) is 1. The van der Waals surface area contributed by atoms with E-state index in [2.05, 4.69) is 5.32 Å². The predicted octanol–water partition coefficient (Wildman–Crippen LogP) is 1.37. The third-order valence-electron chi connectivity index (χ3n) is 4.44. The number of likely N-dealkylation sites (N-methyl/N-ethyl adjacent to an activating group) is 1. The van der Waals surface area contributed by atoms with Crippen molar-refractivity contribution in [3.63, 3.8) is 0 Å². The van der Waals surface area contributed by atoms with Gasteiger partial charge in [-0.2, -0.15) is 0 Å². The number of amides is 1. The first-order valence-electron chi connectivity index (χ1n) is 8.37. The standard InChI is InChI=1S/C17H27N3O4S/c1-13(20(4)12-15-8-6-10-24-15)17(21)18-14-7-5-9-16(11-14)25(22,23)19(2)3/h5,7,9,11,13,15H,6,8,10,12H2,1-4H3,(H,18,21)/t13-,15+/m0/s1. The van der Waals surface area contributed by atoms with Gasteiger partial charge in [-0.3, -0.25) is 9.69 Å². The van der Waals surface area contributed by atoms with Crippen molar-refractivity contribution in [2.45, 2.75) is 36.8 Å². The maximum Gasteiger partial charge on any atom is 0.242 e. The van der Waals surface area contributed by atoms with Gasteiger partial charge >= 0.3 is 0 Å². The van der Waals surface area contributed by atoms with Crippen LogP contribution in [-0.2, 0) is 19.6 Å². The van der Waals surface area contributed by atoms with Crippen LogP contribution in [0.1, 0.15) is 19.8 Å². The number of carbonyl (C=O) groups is 1. The van der Waals surface area contributed by atoms with Crippen LogP contribution in [0.2, 0.25) is 0 Å². The molecule has 0 bridgehead atoms. The van der Waals surface area contributed by atoms with Crippen LogP contribution in [0.25, 0.3) is 0 Å². The van der Waals surface area contributed by atoms with Crippen LogP contribution in [0.4, 0.5) is 5.69 Å². The fourth-order valence-electron chi connectivity index (χ4n) is 2.66. The number of carbonyl (C=O) groups excluding carboxylic acids is 1. The molecular formula is C17H27N3O4S. The van der Waals surface area contributed by atoms with Gasteiger partial charge < -0.3 is 10.1 Å². The molecule has 1 N–H and O–H groups in total. The Morgan fingerprint density at radius 2 is 2.08 bits per heavy atom. The molecular weight excluding hydrogens is 342 g/mol. The maximum atomic E-state index is 12.5. The topological polar surface area (TPSA) is 79.0 Å². The van der Waals surface area contributed by atoms with Gasteiger partial charge in [-0.15, -0.1) is 0 Å². The number of sulfonamides is 1. The fraction of sp³-hybridized carbons (Fsp3) is 0.588. The van der Waals surface area contributed by atoms with E-state index in [0.29, 0.717) is 12.2 Å². The largest absolute Gasteiger partial charge is 0.377 e. The zero-order valence-corrected chi connectivity index (χ0v) is 16.0. The molecule has 1 aromatic carbocycles. The highest BCUT2D eigenvalue weighted by atomic mass is 32.2. The number of hydrogen-bond acceptors (Lipinski definition) is 5. The summed E-state index contributed by atoms with van der Waals surface area (Å²) in [5, 5.41) is 2.79. The summed E-state index contributed by atoms with van der Waals surface area (Å²) in [5.41, 5.74) is 0.463. The number of ether oxygens (including phenoxy) is 1. The van der Waals surface area contributed by atoms with Gasteiger partial charge in [0.25, 0.3) is 0 Å². The Kier molecular flexibility index (Phi) is 6.56. The maximum absolute atomic E-state index is 12.5. The van der Waals surface area contributed by atoms with E-state index in [0.717, 1.165) is 23.8 Å². The molecule has 1 amide bonds. The normalized spacial score (nSPS) is 19.4. The van der Waals surface area contributed by atoms with E-state index in [1.54, 1.807) is 12.1 Å². The SMILES string of the molecule is C[C@@H](C(=O)Nc1cccc(S(=O)(=O)N(C)C)c1)N(C)C[C@H]1CCCO1. The van der Waals surface area contributed by atoms with E-state index < -0.39 is 10.0 Å². The summed E-state index contributed by atoms with van der Waals surface area (Å²) < 4.78 is 31.1. The first kappa shape index (κ1) is 19.8. The summed E-state index contributed by atoms with van der Waals surface area (Å²) >= 11 is 0. The predicted molar refractivity (Wildman–Crippen MR) is 97.0 cm³/mol.